The molecule has 3 heteroatoms. The highest BCUT2D eigenvalue weighted by molar-refractivity contribution is 5.89. The van der Waals surface area contributed by atoms with Crippen LogP contribution < -0.4 is 0 Å². The van der Waals surface area contributed by atoms with Crippen molar-refractivity contribution in [1.82, 2.24) is 0 Å². The van der Waals surface area contributed by atoms with E-state index in [1.54, 1.807) is 0 Å². The molecule has 0 spiro atoms. The summed E-state index contributed by atoms with van der Waals surface area (Å²) in [5.41, 5.74) is 0.233. The zero-order valence-electron chi connectivity index (χ0n) is 8.91. The van der Waals surface area contributed by atoms with Crippen molar-refractivity contribution in [1.29, 1.82) is 0 Å². The van der Waals surface area contributed by atoms with Gasteiger partial charge in [0.15, 0.2) is 0 Å². The predicted molar refractivity (Wildman–Crippen MR) is 59.4 cm³/mol. The second kappa shape index (κ2) is 6.62. The van der Waals surface area contributed by atoms with Gasteiger partial charge in [-0.25, -0.2) is 9.18 Å². The van der Waals surface area contributed by atoms with Gasteiger partial charge in [0.05, 0.1) is 12.2 Å². The van der Waals surface area contributed by atoms with Gasteiger partial charge >= 0.3 is 5.97 Å². The maximum atomic E-state index is 12.8. The summed E-state index contributed by atoms with van der Waals surface area (Å²) in [4.78, 5) is 11.4. The highest BCUT2D eigenvalue weighted by atomic mass is 19.1. The van der Waals surface area contributed by atoms with Crippen molar-refractivity contribution in [3.05, 3.63) is 35.6 Å². The van der Waals surface area contributed by atoms with Gasteiger partial charge in [-0.15, -0.1) is 12.3 Å². The number of terminal acetylenes is 1. The van der Waals surface area contributed by atoms with Gasteiger partial charge in [0, 0.05) is 6.42 Å². The van der Waals surface area contributed by atoms with Gasteiger partial charge in [-0.05, 0) is 31.0 Å². The summed E-state index contributed by atoms with van der Waals surface area (Å²) in [6, 6.07) is 5.44. The van der Waals surface area contributed by atoms with Crippen LogP contribution in [-0.2, 0) is 4.74 Å². The Morgan fingerprint density at radius 2 is 2.25 bits per heavy atom. The normalized spacial score (nSPS) is 9.50. The van der Waals surface area contributed by atoms with E-state index >= 15 is 0 Å². The molecule has 0 saturated heterocycles. The van der Waals surface area contributed by atoms with Crippen molar-refractivity contribution >= 4 is 5.97 Å². The topological polar surface area (TPSA) is 26.3 Å². The maximum Gasteiger partial charge on any atom is 0.338 e. The molecule has 16 heavy (non-hydrogen) atoms. The van der Waals surface area contributed by atoms with Crippen molar-refractivity contribution in [2.45, 2.75) is 19.3 Å². The summed E-state index contributed by atoms with van der Waals surface area (Å²) in [5.74, 6) is 1.56. The SMILES string of the molecule is C#CCCCCOC(=O)c1cccc(F)c1. The third-order valence-electron chi connectivity index (χ3n) is 2.01. The lowest BCUT2D eigenvalue weighted by atomic mass is 10.2. The molecule has 0 aliphatic carbocycles. The van der Waals surface area contributed by atoms with Crippen LogP contribution in [0.15, 0.2) is 24.3 Å². The number of ether oxygens (including phenoxy) is 1. The van der Waals surface area contributed by atoms with Crippen LogP contribution in [0.5, 0.6) is 0 Å². The molecule has 0 aliphatic heterocycles. The molecular formula is C13H13FO2. The smallest absolute Gasteiger partial charge is 0.338 e. The molecule has 0 bridgehead atoms. The number of halogens is 1. The van der Waals surface area contributed by atoms with Crippen molar-refractivity contribution in [3.63, 3.8) is 0 Å². The summed E-state index contributed by atoms with van der Waals surface area (Å²) >= 11 is 0. The number of esters is 1. The molecule has 0 unspecified atom stereocenters. The highest BCUT2D eigenvalue weighted by Crippen LogP contribution is 2.06. The predicted octanol–water partition coefficient (Wildman–Crippen LogP) is 2.79. The van der Waals surface area contributed by atoms with Crippen molar-refractivity contribution in [2.24, 2.45) is 0 Å². The van der Waals surface area contributed by atoms with Crippen LogP contribution in [-0.4, -0.2) is 12.6 Å². The number of rotatable bonds is 5. The lowest BCUT2D eigenvalue weighted by Gasteiger charge is -2.03. The van der Waals surface area contributed by atoms with E-state index in [1.807, 2.05) is 0 Å². The average molecular weight is 220 g/mol. The molecule has 1 rings (SSSR count). The number of unbranched alkanes of at least 4 members (excludes halogenated alkanes) is 2. The van der Waals surface area contributed by atoms with Crippen LogP contribution in [0.4, 0.5) is 4.39 Å². The van der Waals surface area contributed by atoms with Crippen LogP contribution >= 0.6 is 0 Å². The van der Waals surface area contributed by atoms with E-state index in [1.165, 1.54) is 18.2 Å². The summed E-state index contributed by atoms with van der Waals surface area (Å²) in [7, 11) is 0. The van der Waals surface area contributed by atoms with Crippen LogP contribution in [0, 0.1) is 18.2 Å². The highest BCUT2D eigenvalue weighted by Gasteiger charge is 2.06. The number of hydrogen-bond donors (Lipinski definition) is 0. The summed E-state index contributed by atoms with van der Waals surface area (Å²) < 4.78 is 17.7. The number of carbonyl (C=O) groups is 1. The standard InChI is InChI=1S/C13H13FO2/c1-2-3-4-5-9-16-13(15)11-7-6-8-12(14)10-11/h1,6-8,10H,3-5,9H2. The molecule has 0 aromatic heterocycles. The molecule has 0 radical (unpaired) electrons. The molecule has 84 valence electrons. The van der Waals surface area contributed by atoms with E-state index in [0.29, 0.717) is 13.0 Å². The molecule has 0 aliphatic rings. The zero-order chi connectivity index (χ0) is 11.8. The molecule has 2 nitrogen and oxygen atoms in total. The van der Waals surface area contributed by atoms with Gasteiger partial charge in [-0.3, -0.25) is 0 Å². The van der Waals surface area contributed by atoms with Crippen molar-refractivity contribution in [2.75, 3.05) is 6.61 Å². The first-order chi connectivity index (χ1) is 7.74. The van der Waals surface area contributed by atoms with Gasteiger partial charge in [0.25, 0.3) is 0 Å². The Hall–Kier alpha value is -1.82. The molecule has 0 saturated carbocycles. The third-order valence-corrected chi connectivity index (χ3v) is 2.01. The monoisotopic (exact) mass is 220 g/mol. The molecule has 1 aromatic rings. The number of hydrogen-bond acceptors (Lipinski definition) is 2. The Kier molecular flexibility index (Phi) is 5.07. The second-order valence-corrected chi connectivity index (χ2v) is 3.31. The van der Waals surface area contributed by atoms with E-state index in [4.69, 9.17) is 11.2 Å². The zero-order valence-corrected chi connectivity index (χ0v) is 8.91. The van der Waals surface area contributed by atoms with E-state index in [0.717, 1.165) is 18.9 Å². The largest absolute Gasteiger partial charge is 0.462 e. The first-order valence-corrected chi connectivity index (χ1v) is 5.10. The molecule has 0 N–H and O–H groups in total. The van der Waals surface area contributed by atoms with Gasteiger partial charge < -0.3 is 4.74 Å². The minimum Gasteiger partial charge on any atom is -0.462 e. The first-order valence-electron chi connectivity index (χ1n) is 5.10. The summed E-state index contributed by atoms with van der Waals surface area (Å²) in [6.07, 6.45) is 7.31. The lowest BCUT2D eigenvalue weighted by Crippen LogP contribution is -2.06. The molecular weight excluding hydrogens is 207 g/mol. The fourth-order valence-corrected chi connectivity index (χ4v) is 1.19. The van der Waals surface area contributed by atoms with Gasteiger partial charge in [0.1, 0.15) is 5.82 Å². The van der Waals surface area contributed by atoms with Crippen molar-refractivity contribution in [3.8, 4) is 12.3 Å². The Balaban J connectivity index is 2.33. The molecule has 0 atom stereocenters. The van der Waals surface area contributed by atoms with Crippen molar-refractivity contribution < 1.29 is 13.9 Å². The minimum absolute atomic E-state index is 0.233. The Bertz CT molecular complexity index is 393. The van der Waals surface area contributed by atoms with Gasteiger partial charge in [0.2, 0.25) is 0 Å². The fourth-order valence-electron chi connectivity index (χ4n) is 1.19. The van der Waals surface area contributed by atoms with E-state index in [9.17, 15) is 9.18 Å². The van der Waals surface area contributed by atoms with E-state index in [-0.39, 0.29) is 5.56 Å². The summed E-state index contributed by atoms with van der Waals surface area (Å²) in [6.45, 7) is 0.316. The minimum atomic E-state index is -0.500. The summed E-state index contributed by atoms with van der Waals surface area (Å²) in [5, 5.41) is 0. The van der Waals surface area contributed by atoms with Crippen LogP contribution in [0.25, 0.3) is 0 Å². The van der Waals surface area contributed by atoms with Crippen LogP contribution in [0.3, 0.4) is 0 Å². The average Bonchev–Trinajstić information content (AvgIpc) is 2.28. The Morgan fingerprint density at radius 1 is 1.44 bits per heavy atom. The molecule has 1 aromatic carbocycles. The molecule has 0 fully saturated rings. The fraction of sp³-hybridized carbons (Fsp3) is 0.308. The van der Waals surface area contributed by atoms with Gasteiger partial charge in [-0.2, -0.15) is 0 Å². The van der Waals surface area contributed by atoms with Crippen LogP contribution in [0.1, 0.15) is 29.6 Å². The quantitative estimate of drug-likeness (QED) is 0.433. The first kappa shape index (κ1) is 12.3. The lowest BCUT2D eigenvalue weighted by molar-refractivity contribution is 0.0498. The van der Waals surface area contributed by atoms with Crippen LogP contribution in [0.2, 0.25) is 0 Å². The molecule has 0 heterocycles. The van der Waals surface area contributed by atoms with Gasteiger partial charge in [-0.1, -0.05) is 6.07 Å². The molecule has 0 amide bonds. The third kappa shape index (κ3) is 4.14. The number of carbonyl (C=O) groups excluding carboxylic acids is 1. The Morgan fingerprint density at radius 3 is 2.94 bits per heavy atom. The second-order valence-electron chi connectivity index (χ2n) is 3.31. The van der Waals surface area contributed by atoms with E-state index in [2.05, 4.69) is 5.92 Å². The van der Waals surface area contributed by atoms with E-state index < -0.39 is 11.8 Å². The maximum absolute atomic E-state index is 12.8. The number of benzene rings is 1. The Labute approximate surface area is 94.4 Å².